The molecule has 0 aliphatic carbocycles. The van der Waals surface area contributed by atoms with Gasteiger partial charge < -0.3 is 10.1 Å². The normalized spacial score (nSPS) is 12.4. The average molecular weight is 564 g/mol. The third kappa shape index (κ3) is 6.78. The van der Waals surface area contributed by atoms with Crippen LogP contribution in [0.3, 0.4) is 0 Å². The molecule has 3 aromatic rings. The summed E-state index contributed by atoms with van der Waals surface area (Å²) in [7, 11) is -1.98. The van der Waals surface area contributed by atoms with Crippen LogP contribution in [0.5, 0.6) is 5.75 Å². The molecular formula is C28H32Cl2N2O4S. The topological polar surface area (TPSA) is 75.7 Å². The summed E-state index contributed by atoms with van der Waals surface area (Å²) in [5, 5.41) is 3.49. The predicted molar refractivity (Wildman–Crippen MR) is 152 cm³/mol. The molecule has 198 valence electrons. The number of nitrogens with one attached hydrogen (secondary N) is 1. The quantitative estimate of drug-likeness (QED) is 0.308. The SMILES string of the molecule is COc1cc(C)c([C@H](C)NC(=O)c2ccc(CN(c3cccc(Cl)c3Cl)S(C)(=O)=O)cc2)cc1C(C)C. The van der Waals surface area contributed by atoms with Crippen molar-refractivity contribution >= 4 is 44.8 Å². The fourth-order valence-electron chi connectivity index (χ4n) is 4.16. The molecule has 1 amide bonds. The summed E-state index contributed by atoms with van der Waals surface area (Å²) in [6, 6.07) is 15.5. The molecule has 0 saturated carbocycles. The van der Waals surface area contributed by atoms with E-state index in [2.05, 4.69) is 25.2 Å². The summed E-state index contributed by atoms with van der Waals surface area (Å²) in [6.45, 7) is 8.20. The molecule has 1 atom stereocenters. The van der Waals surface area contributed by atoms with Gasteiger partial charge in [0.1, 0.15) is 5.75 Å². The number of aryl methyl sites for hydroxylation is 1. The van der Waals surface area contributed by atoms with E-state index in [-0.39, 0.29) is 34.5 Å². The Bertz CT molecular complexity index is 1390. The highest BCUT2D eigenvalue weighted by Crippen LogP contribution is 2.35. The van der Waals surface area contributed by atoms with E-state index < -0.39 is 10.0 Å². The number of halogens is 2. The van der Waals surface area contributed by atoms with E-state index >= 15 is 0 Å². The fraction of sp³-hybridized carbons (Fsp3) is 0.321. The number of carbonyl (C=O) groups is 1. The lowest BCUT2D eigenvalue weighted by molar-refractivity contribution is 0.0939. The second-order valence-corrected chi connectivity index (χ2v) is 12.0. The van der Waals surface area contributed by atoms with Crippen LogP contribution in [0, 0.1) is 6.92 Å². The Labute approximate surface area is 229 Å². The number of hydrogen-bond acceptors (Lipinski definition) is 4. The fourth-order valence-corrected chi connectivity index (χ4v) is 5.50. The van der Waals surface area contributed by atoms with Gasteiger partial charge in [0.25, 0.3) is 5.91 Å². The lowest BCUT2D eigenvalue weighted by Crippen LogP contribution is -2.30. The highest BCUT2D eigenvalue weighted by atomic mass is 35.5. The van der Waals surface area contributed by atoms with Crippen LogP contribution in [0.1, 0.15) is 65.3 Å². The van der Waals surface area contributed by atoms with Crippen molar-refractivity contribution in [1.82, 2.24) is 5.32 Å². The molecule has 0 radical (unpaired) electrons. The number of anilines is 1. The van der Waals surface area contributed by atoms with Crippen LogP contribution in [0.15, 0.2) is 54.6 Å². The van der Waals surface area contributed by atoms with E-state index in [0.29, 0.717) is 16.8 Å². The number of sulfonamides is 1. The molecule has 1 N–H and O–H groups in total. The highest BCUT2D eigenvalue weighted by Gasteiger charge is 2.22. The molecule has 9 heteroatoms. The average Bonchev–Trinajstić information content (AvgIpc) is 2.83. The first-order chi connectivity index (χ1) is 17.3. The van der Waals surface area contributed by atoms with Crippen LogP contribution in [-0.4, -0.2) is 27.7 Å². The first-order valence-corrected chi connectivity index (χ1v) is 14.4. The Morgan fingerprint density at radius 3 is 2.24 bits per heavy atom. The van der Waals surface area contributed by atoms with Gasteiger partial charge in [0.2, 0.25) is 10.0 Å². The van der Waals surface area contributed by atoms with Crippen molar-refractivity contribution in [3.8, 4) is 5.75 Å². The number of carbonyl (C=O) groups excluding carboxylic acids is 1. The molecule has 37 heavy (non-hydrogen) atoms. The molecule has 6 nitrogen and oxygen atoms in total. The highest BCUT2D eigenvalue weighted by molar-refractivity contribution is 7.92. The van der Waals surface area contributed by atoms with E-state index in [1.807, 2.05) is 19.9 Å². The molecule has 0 saturated heterocycles. The van der Waals surface area contributed by atoms with Crippen molar-refractivity contribution < 1.29 is 17.9 Å². The number of hydrogen-bond donors (Lipinski definition) is 1. The molecule has 0 fully saturated rings. The largest absolute Gasteiger partial charge is 0.496 e. The summed E-state index contributed by atoms with van der Waals surface area (Å²) in [5.41, 5.74) is 4.60. The maximum absolute atomic E-state index is 13.0. The van der Waals surface area contributed by atoms with Gasteiger partial charge in [-0.05, 0) is 78.4 Å². The predicted octanol–water partition coefficient (Wildman–Crippen LogP) is 6.89. The summed E-state index contributed by atoms with van der Waals surface area (Å²) < 4.78 is 31.8. The Balaban J connectivity index is 1.79. The molecular weight excluding hydrogens is 531 g/mol. The number of amides is 1. The van der Waals surface area contributed by atoms with Crippen molar-refractivity contribution in [3.05, 3.63) is 92.5 Å². The first-order valence-electron chi connectivity index (χ1n) is 11.8. The standard InChI is InChI=1S/C28H32Cl2N2O4S/c1-17(2)22-15-23(18(3)14-26(22)36-5)19(4)31-28(33)21-12-10-20(11-13-21)16-32(37(6,34)35)25-9-7-8-24(29)27(25)30/h7-15,17,19H,16H2,1-6H3,(H,31,33)/t19-/m0/s1. The Morgan fingerprint density at radius 2 is 1.68 bits per heavy atom. The van der Waals surface area contributed by atoms with Gasteiger partial charge in [-0.25, -0.2) is 8.42 Å². The van der Waals surface area contributed by atoms with Crippen molar-refractivity contribution in [1.29, 1.82) is 0 Å². The van der Waals surface area contributed by atoms with Crippen LogP contribution in [0.2, 0.25) is 10.0 Å². The van der Waals surface area contributed by atoms with Gasteiger partial charge in [0.05, 0.1) is 41.7 Å². The molecule has 0 aliphatic heterocycles. The molecule has 0 spiro atoms. The molecule has 0 heterocycles. The zero-order chi connectivity index (χ0) is 27.5. The number of ether oxygens (including phenoxy) is 1. The monoisotopic (exact) mass is 562 g/mol. The van der Waals surface area contributed by atoms with E-state index in [9.17, 15) is 13.2 Å². The molecule has 0 aromatic heterocycles. The minimum absolute atomic E-state index is 0.0419. The minimum atomic E-state index is -3.65. The third-order valence-corrected chi connectivity index (χ3v) is 8.13. The van der Waals surface area contributed by atoms with Crippen LogP contribution in [-0.2, 0) is 16.6 Å². The van der Waals surface area contributed by atoms with Gasteiger partial charge in [0, 0.05) is 5.56 Å². The molecule has 0 aliphatic rings. The second kappa shape index (κ2) is 11.8. The summed E-state index contributed by atoms with van der Waals surface area (Å²) in [4.78, 5) is 13.0. The van der Waals surface area contributed by atoms with E-state index in [4.69, 9.17) is 27.9 Å². The maximum atomic E-state index is 13.0. The number of methoxy groups -OCH3 is 1. The number of rotatable bonds is 9. The van der Waals surface area contributed by atoms with E-state index in [0.717, 1.165) is 28.7 Å². The van der Waals surface area contributed by atoms with E-state index in [1.54, 1.807) is 49.6 Å². The van der Waals surface area contributed by atoms with Crippen molar-refractivity contribution in [2.75, 3.05) is 17.7 Å². The molecule has 0 unspecified atom stereocenters. The maximum Gasteiger partial charge on any atom is 0.251 e. The van der Waals surface area contributed by atoms with Gasteiger partial charge >= 0.3 is 0 Å². The van der Waals surface area contributed by atoms with Crippen LogP contribution in [0.25, 0.3) is 0 Å². The van der Waals surface area contributed by atoms with Gasteiger partial charge in [-0.3, -0.25) is 9.10 Å². The van der Waals surface area contributed by atoms with E-state index in [1.165, 1.54) is 4.31 Å². The van der Waals surface area contributed by atoms with Gasteiger partial charge in [-0.1, -0.05) is 55.2 Å². The third-order valence-electron chi connectivity index (χ3n) is 6.20. The van der Waals surface area contributed by atoms with Crippen LogP contribution >= 0.6 is 23.2 Å². The second-order valence-electron chi connectivity index (χ2n) is 9.34. The van der Waals surface area contributed by atoms with Gasteiger partial charge in [-0.15, -0.1) is 0 Å². The Hall–Kier alpha value is -2.74. The summed E-state index contributed by atoms with van der Waals surface area (Å²) in [6.07, 6.45) is 1.11. The zero-order valence-electron chi connectivity index (χ0n) is 21.8. The van der Waals surface area contributed by atoms with Crippen LogP contribution < -0.4 is 14.4 Å². The summed E-state index contributed by atoms with van der Waals surface area (Å²) >= 11 is 12.4. The smallest absolute Gasteiger partial charge is 0.251 e. The number of nitrogens with zero attached hydrogens (tertiary/aromatic N) is 1. The van der Waals surface area contributed by atoms with Gasteiger partial charge in [-0.2, -0.15) is 0 Å². The van der Waals surface area contributed by atoms with Crippen molar-refractivity contribution in [2.45, 2.75) is 46.2 Å². The lowest BCUT2D eigenvalue weighted by atomic mass is 9.93. The minimum Gasteiger partial charge on any atom is -0.496 e. The zero-order valence-corrected chi connectivity index (χ0v) is 24.1. The number of benzene rings is 3. The lowest BCUT2D eigenvalue weighted by Gasteiger charge is -2.24. The van der Waals surface area contributed by atoms with Crippen molar-refractivity contribution in [2.24, 2.45) is 0 Å². The molecule has 0 bridgehead atoms. The van der Waals surface area contributed by atoms with Crippen LogP contribution in [0.4, 0.5) is 5.69 Å². The van der Waals surface area contributed by atoms with Crippen molar-refractivity contribution in [3.63, 3.8) is 0 Å². The molecule has 3 aromatic carbocycles. The Morgan fingerprint density at radius 1 is 1.03 bits per heavy atom. The van der Waals surface area contributed by atoms with Gasteiger partial charge in [0.15, 0.2) is 0 Å². The molecule has 3 rings (SSSR count). The first kappa shape index (κ1) is 28.8. The summed E-state index contributed by atoms with van der Waals surface area (Å²) in [5.74, 6) is 0.892. The Kier molecular flexibility index (Phi) is 9.16.